The lowest BCUT2D eigenvalue weighted by atomic mass is 10.1. The molecule has 0 amide bonds. The Balaban J connectivity index is 2.77. The fourth-order valence-corrected chi connectivity index (χ4v) is 3.02. The molecule has 2 aromatic rings. The van der Waals surface area contributed by atoms with Crippen LogP contribution in [0.1, 0.15) is 18.1 Å². The van der Waals surface area contributed by atoms with Gasteiger partial charge in [-0.1, -0.05) is 24.6 Å². The molecule has 0 aliphatic heterocycles. The van der Waals surface area contributed by atoms with Crippen LogP contribution in [0.4, 0.5) is 0 Å². The molecule has 0 radical (unpaired) electrons. The topological polar surface area (TPSA) is 20.2 Å². The van der Waals surface area contributed by atoms with Crippen LogP contribution < -0.4 is 0 Å². The van der Waals surface area contributed by atoms with Gasteiger partial charge in [0.15, 0.2) is 0 Å². The lowest BCUT2D eigenvalue weighted by molar-refractivity contribution is 0.284. The first-order valence-electron chi connectivity index (χ1n) is 4.56. The number of hydrogen-bond acceptors (Lipinski definition) is 2. The third-order valence-electron chi connectivity index (χ3n) is 2.38. The van der Waals surface area contributed by atoms with E-state index in [1.165, 1.54) is 0 Å². The minimum Gasteiger partial charge on any atom is -0.392 e. The molecule has 0 saturated carbocycles. The smallest absolute Gasteiger partial charge is 0.0696 e. The Bertz CT molecular complexity index is 462. The Kier molecular flexibility index (Phi) is 2.77. The van der Waals surface area contributed by atoms with Gasteiger partial charge < -0.3 is 5.11 Å². The summed E-state index contributed by atoms with van der Waals surface area (Å²) in [6.07, 6.45) is 0.926. The second kappa shape index (κ2) is 3.89. The van der Waals surface area contributed by atoms with Crippen molar-refractivity contribution in [2.75, 3.05) is 0 Å². The predicted octanol–water partition coefficient (Wildman–Crippen LogP) is 3.61. The molecule has 1 aromatic heterocycles. The Hall–Kier alpha value is -0.570. The highest BCUT2D eigenvalue weighted by Gasteiger charge is 2.09. The molecule has 74 valence electrons. The van der Waals surface area contributed by atoms with Crippen LogP contribution in [0.25, 0.3) is 10.1 Å². The molecule has 0 aliphatic carbocycles. The first kappa shape index (κ1) is 9.97. The molecule has 0 atom stereocenters. The van der Waals surface area contributed by atoms with Crippen molar-refractivity contribution < 1.29 is 5.11 Å². The quantitative estimate of drug-likeness (QED) is 0.830. The highest BCUT2D eigenvalue weighted by Crippen LogP contribution is 2.34. The third kappa shape index (κ3) is 1.44. The van der Waals surface area contributed by atoms with Crippen molar-refractivity contribution in [2.45, 2.75) is 20.0 Å². The van der Waals surface area contributed by atoms with Crippen molar-refractivity contribution >= 4 is 33.0 Å². The second-order valence-electron chi connectivity index (χ2n) is 3.18. The molecule has 14 heavy (non-hydrogen) atoms. The average molecular weight is 227 g/mol. The summed E-state index contributed by atoms with van der Waals surface area (Å²) in [6, 6.07) is 4.13. The van der Waals surface area contributed by atoms with E-state index in [9.17, 15) is 0 Å². The number of benzene rings is 1. The van der Waals surface area contributed by atoms with E-state index in [-0.39, 0.29) is 6.61 Å². The first-order valence-corrected chi connectivity index (χ1v) is 5.82. The van der Waals surface area contributed by atoms with Crippen molar-refractivity contribution in [1.82, 2.24) is 0 Å². The van der Waals surface area contributed by atoms with Crippen LogP contribution in [0.15, 0.2) is 17.5 Å². The zero-order chi connectivity index (χ0) is 10.1. The van der Waals surface area contributed by atoms with E-state index in [2.05, 4.69) is 19.1 Å². The normalized spacial score (nSPS) is 11.1. The van der Waals surface area contributed by atoms with Crippen molar-refractivity contribution in [3.63, 3.8) is 0 Å². The van der Waals surface area contributed by atoms with E-state index in [0.29, 0.717) is 0 Å². The maximum Gasteiger partial charge on any atom is 0.0696 e. The summed E-state index contributed by atoms with van der Waals surface area (Å²) in [5.74, 6) is 0. The lowest BCUT2D eigenvalue weighted by Crippen LogP contribution is -1.85. The summed E-state index contributed by atoms with van der Waals surface area (Å²) >= 11 is 7.89. The van der Waals surface area contributed by atoms with Gasteiger partial charge in [-0.3, -0.25) is 0 Å². The largest absolute Gasteiger partial charge is 0.392 e. The van der Waals surface area contributed by atoms with Crippen LogP contribution in [0, 0.1) is 0 Å². The predicted molar refractivity (Wildman–Crippen MR) is 62.1 cm³/mol. The Morgan fingerprint density at radius 2 is 2.14 bits per heavy atom. The molecule has 0 fully saturated rings. The number of aryl methyl sites for hydroxylation is 1. The van der Waals surface area contributed by atoms with E-state index < -0.39 is 0 Å². The maximum absolute atomic E-state index is 9.16. The van der Waals surface area contributed by atoms with Gasteiger partial charge in [-0.05, 0) is 29.0 Å². The lowest BCUT2D eigenvalue weighted by Gasteiger charge is -2.03. The van der Waals surface area contributed by atoms with Crippen LogP contribution in [-0.2, 0) is 13.0 Å². The molecule has 1 nitrogen and oxygen atoms in total. The Morgan fingerprint density at radius 1 is 1.36 bits per heavy atom. The Labute approximate surface area is 91.9 Å². The fraction of sp³-hybridized carbons (Fsp3) is 0.273. The number of aliphatic hydroxyl groups excluding tert-OH is 1. The molecular weight excluding hydrogens is 216 g/mol. The number of aliphatic hydroxyl groups is 1. The minimum atomic E-state index is 0.0624. The number of thiophene rings is 1. The molecule has 1 N–H and O–H groups in total. The first-order chi connectivity index (χ1) is 6.77. The third-order valence-corrected chi connectivity index (χ3v) is 3.81. The minimum absolute atomic E-state index is 0.0624. The summed E-state index contributed by atoms with van der Waals surface area (Å²) in [4.78, 5) is 0. The van der Waals surface area contributed by atoms with Crippen LogP contribution >= 0.6 is 22.9 Å². The maximum atomic E-state index is 9.16. The molecule has 0 aliphatic rings. The van der Waals surface area contributed by atoms with E-state index in [1.807, 2.05) is 5.38 Å². The van der Waals surface area contributed by atoms with Crippen molar-refractivity contribution in [3.8, 4) is 0 Å². The summed E-state index contributed by atoms with van der Waals surface area (Å²) in [5.41, 5.74) is 2.08. The zero-order valence-electron chi connectivity index (χ0n) is 7.88. The summed E-state index contributed by atoms with van der Waals surface area (Å²) in [6.45, 7) is 2.14. The SMILES string of the molecule is CCc1ccc2scc(CO)c2c1Cl. The van der Waals surface area contributed by atoms with Gasteiger partial charge in [-0.15, -0.1) is 11.3 Å². The van der Waals surface area contributed by atoms with Gasteiger partial charge in [-0.2, -0.15) is 0 Å². The fourth-order valence-electron chi connectivity index (χ4n) is 1.58. The van der Waals surface area contributed by atoms with Gasteiger partial charge in [-0.25, -0.2) is 0 Å². The molecule has 1 aromatic carbocycles. The van der Waals surface area contributed by atoms with E-state index in [1.54, 1.807) is 11.3 Å². The average Bonchev–Trinajstić information content (AvgIpc) is 2.62. The standard InChI is InChI=1S/C11H11ClOS/c1-2-7-3-4-9-10(11(7)12)8(5-13)6-14-9/h3-4,6,13H,2,5H2,1H3. The van der Waals surface area contributed by atoms with Crippen molar-refractivity contribution in [3.05, 3.63) is 33.7 Å². The van der Waals surface area contributed by atoms with Crippen LogP contribution in [0.5, 0.6) is 0 Å². The molecule has 2 rings (SSSR count). The van der Waals surface area contributed by atoms with E-state index >= 15 is 0 Å². The molecule has 0 saturated heterocycles. The van der Waals surface area contributed by atoms with E-state index in [4.69, 9.17) is 16.7 Å². The zero-order valence-corrected chi connectivity index (χ0v) is 9.45. The molecule has 0 spiro atoms. The van der Waals surface area contributed by atoms with Gasteiger partial charge in [0.1, 0.15) is 0 Å². The van der Waals surface area contributed by atoms with Crippen LogP contribution in [0.3, 0.4) is 0 Å². The highest BCUT2D eigenvalue weighted by atomic mass is 35.5. The molecule has 3 heteroatoms. The monoisotopic (exact) mass is 226 g/mol. The number of halogens is 1. The molecule has 1 heterocycles. The van der Waals surface area contributed by atoms with Gasteiger partial charge >= 0.3 is 0 Å². The highest BCUT2D eigenvalue weighted by molar-refractivity contribution is 7.17. The second-order valence-corrected chi connectivity index (χ2v) is 4.47. The van der Waals surface area contributed by atoms with Crippen molar-refractivity contribution in [2.24, 2.45) is 0 Å². The number of rotatable bonds is 2. The summed E-state index contributed by atoms with van der Waals surface area (Å²) in [7, 11) is 0. The van der Waals surface area contributed by atoms with Crippen LogP contribution in [-0.4, -0.2) is 5.11 Å². The Morgan fingerprint density at radius 3 is 2.79 bits per heavy atom. The summed E-state index contributed by atoms with van der Waals surface area (Å²) < 4.78 is 1.15. The van der Waals surface area contributed by atoms with Gasteiger partial charge in [0.25, 0.3) is 0 Å². The number of fused-ring (bicyclic) bond motifs is 1. The van der Waals surface area contributed by atoms with Gasteiger partial charge in [0.05, 0.1) is 11.6 Å². The molecule has 0 bridgehead atoms. The van der Waals surface area contributed by atoms with E-state index in [0.717, 1.165) is 32.7 Å². The molecular formula is C11H11ClOS. The van der Waals surface area contributed by atoms with Crippen LogP contribution in [0.2, 0.25) is 5.02 Å². The summed E-state index contributed by atoms with van der Waals surface area (Å²) in [5, 5.41) is 13.0. The van der Waals surface area contributed by atoms with Crippen molar-refractivity contribution in [1.29, 1.82) is 0 Å². The van der Waals surface area contributed by atoms with Gasteiger partial charge in [0, 0.05) is 10.1 Å². The van der Waals surface area contributed by atoms with Gasteiger partial charge in [0.2, 0.25) is 0 Å². The molecule has 0 unspecified atom stereocenters. The number of hydrogen-bond donors (Lipinski definition) is 1.